The van der Waals surface area contributed by atoms with Crippen LogP contribution in [-0.2, 0) is 4.79 Å². The number of nitrogens with two attached hydrogens (primary N) is 3. The number of nitrogens with zero attached hydrogens (tertiary/aromatic N) is 1. The van der Waals surface area contributed by atoms with E-state index in [9.17, 15) is 9.90 Å². The molecular weight excluding hydrogens is 464 g/mol. The van der Waals surface area contributed by atoms with Gasteiger partial charge in [0.2, 0.25) is 0 Å². The summed E-state index contributed by atoms with van der Waals surface area (Å²) in [7, 11) is 0. The van der Waals surface area contributed by atoms with E-state index in [1.54, 1.807) is 0 Å². The molecular formula is C29H44N6O2. The number of carbonyl (C=O) groups is 1. The molecule has 1 aromatic carbocycles. The van der Waals surface area contributed by atoms with Gasteiger partial charge in [0.25, 0.3) is 0 Å². The molecule has 1 aromatic heterocycles. The fraction of sp³-hybridized carbons (Fsp3) is 0.448. The summed E-state index contributed by atoms with van der Waals surface area (Å²) < 4.78 is 0. The van der Waals surface area contributed by atoms with Gasteiger partial charge < -0.3 is 32.6 Å². The van der Waals surface area contributed by atoms with Crippen molar-refractivity contribution < 1.29 is 9.90 Å². The van der Waals surface area contributed by atoms with Crippen LogP contribution in [0.25, 0.3) is 6.08 Å². The van der Waals surface area contributed by atoms with E-state index in [2.05, 4.69) is 46.5 Å². The van der Waals surface area contributed by atoms with E-state index in [1.165, 1.54) is 12.5 Å². The van der Waals surface area contributed by atoms with Crippen molar-refractivity contribution in [3.63, 3.8) is 0 Å². The number of H-pyrrole nitrogens is 1. The molecule has 0 fully saturated rings. The first kappa shape index (κ1) is 29.7. The Morgan fingerprint density at radius 2 is 1.81 bits per heavy atom. The first-order valence-corrected chi connectivity index (χ1v) is 13.2. The van der Waals surface area contributed by atoms with Gasteiger partial charge in [0, 0.05) is 18.3 Å². The minimum Gasteiger partial charge on any atom is -0.478 e. The van der Waals surface area contributed by atoms with Crippen molar-refractivity contribution >= 4 is 23.8 Å². The number of hydrogen-bond acceptors (Lipinski definition) is 4. The molecule has 0 unspecified atom stereocenters. The molecule has 8 nitrogen and oxygen atoms in total. The van der Waals surface area contributed by atoms with Crippen molar-refractivity contribution in [2.75, 3.05) is 11.9 Å². The molecule has 0 radical (unpaired) electrons. The van der Waals surface area contributed by atoms with Crippen molar-refractivity contribution in [2.24, 2.45) is 28.1 Å². The van der Waals surface area contributed by atoms with E-state index < -0.39 is 5.97 Å². The number of carboxylic acids is 1. The summed E-state index contributed by atoms with van der Waals surface area (Å²) in [5, 5.41) is 12.9. The number of benzene rings is 1. The van der Waals surface area contributed by atoms with Crippen LogP contribution >= 0.6 is 0 Å². The Labute approximate surface area is 221 Å². The van der Waals surface area contributed by atoms with E-state index >= 15 is 0 Å². The molecule has 2 rings (SSSR count). The summed E-state index contributed by atoms with van der Waals surface area (Å²) >= 11 is 0. The highest BCUT2D eigenvalue weighted by Gasteiger charge is 2.19. The number of allylic oxidation sites excluding steroid dienone is 1. The molecule has 0 amide bonds. The number of nitrogens with one attached hydrogen (secondary N) is 2. The number of aromatic amines is 1. The van der Waals surface area contributed by atoms with Crippen LogP contribution < -0.4 is 22.5 Å². The smallest absolute Gasteiger partial charge is 0.328 e. The van der Waals surface area contributed by atoms with Gasteiger partial charge in [0.1, 0.15) is 5.82 Å². The van der Waals surface area contributed by atoms with Crippen molar-refractivity contribution in [3.8, 4) is 0 Å². The SMILES string of the molecule is CCCC[C@H](N)CCC[C@H](/C=C/c1ccccc1)CC[C@@H](Nc1ccc[nH]1)/C(=C/C(=O)O)CN=C(N)N. The summed E-state index contributed by atoms with van der Waals surface area (Å²) in [5.41, 5.74) is 19.2. The zero-order valence-electron chi connectivity index (χ0n) is 22.0. The summed E-state index contributed by atoms with van der Waals surface area (Å²) in [6.07, 6.45) is 15.5. The van der Waals surface area contributed by atoms with Crippen molar-refractivity contribution in [1.29, 1.82) is 0 Å². The normalized spacial score (nSPS) is 14.3. The third kappa shape index (κ3) is 12.8. The van der Waals surface area contributed by atoms with E-state index in [4.69, 9.17) is 17.2 Å². The topological polar surface area (TPSA) is 156 Å². The molecule has 0 saturated carbocycles. The van der Waals surface area contributed by atoms with E-state index in [0.29, 0.717) is 17.9 Å². The van der Waals surface area contributed by atoms with Crippen LogP contribution in [0.5, 0.6) is 0 Å². The van der Waals surface area contributed by atoms with Gasteiger partial charge in [-0.1, -0.05) is 68.7 Å². The maximum Gasteiger partial charge on any atom is 0.328 e. The second-order valence-electron chi connectivity index (χ2n) is 9.52. The Morgan fingerprint density at radius 3 is 2.46 bits per heavy atom. The highest BCUT2D eigenvalue weighted by atomic mass is 16.4. The maximum absolute atomic E-state index is 11.6. The third-order valence-corrected chi connectivity index (χ3v) is 6.39. The van der Waals surface area contributed by atoms with E-state index in [-0.39, 0.29) is 24.6 Å². The Bertz CT molecular complexity index is 981. The van der Waals surface area contributed by atoms with Gasteiger partial charge in [-0.05, 0) is 61.3 Å². The lowest BCUT2D eigenvalue weighted by molar-refractivity contribution is -0.131. The van der Waals surface area contributed by atoms with Crippen LogP contribution in [0.1, 0.15) is 63.9 Å². The Kier molecular flexibility index (Phi) is 13.7. The zero-order valence-corrected chi connectivity index (χ0v) is 22.0. The zero-order chi connectivity index (χ0) is 26.9. The molecule has 0 aliphatic rings. The van der Waals surface area contributed by atoms with Crippen LogP contribution in [0.15, 0.2) is 71.4 Å². The van der Waals surface area contributed by atoms with Gasteiger partial charge in [0.15, 0.2) is 5.96 Å². The first-order chi connectivity index (χ1) is 17.9. The number of aromatic nitrogens is 1. The molecule has 37 heavy (non-hydrogen) atoms. The van der Waals surface area contributed by atoms with Crippen LogP contribution in [0, 0.1) is 5.92 Å². The van der Waals surface area contributed by atoms with Crippen molar-refractivity contribution in [2.45, 2.75) is 70.4 Å². The van der Waals surface area contributed by atoms with E-state index in [1.807, 2.05) is 36.5 Å². The molecule has 3 atom stereocenters. The van der Waals surface area contributed by atoms with Crippen LogP contribution in [0.4, 0.5) is 5.82 Å². The van der Waals surface area contributed by atoms with Gasteiger partial charge in [0.05, 0.1) is 12.6 Å². The molecule has 2 aromatic rings. The van der Waals surface area contributed by atoms with Crippen molar-refractivity contribution in [1.82, 2.24) is 4.98 Å². The fourth-order valence-electron chi connectivity index (χ4n) is 4.34. The molecule has 0 saturated heterocycles. The molecule has 0 bridgehead atoms. The number of hydrogen-bond donors (Lipinski definition) is 6. The summed E-state index contributed by atoms with van der Waals surface area (Å²) in [6.45, 7) is 2.30. The highest BCUT2D eigenvalue weighted by Crippen LogP contribution is 2.24. The number of rotatable bonds is 18. The second-order valence-corrected chi connectivity index (χ2v) is 9.52. The van der Waals surface area contributed by atoms with Gasteiger partial charge in [-0.3, -0.25) is 0 Å². The summed E-state index contributed by atoms with van der Waals surface area (Å²) in [4.78, 5) is 18.8. The average molecular weight is 509 g/mol. The average Bonchev–Trinajstić information content (AvgIpc) is 3.39. The lowest BCUT2D eigenvalue weighted by Crippen LogP contribution is -2.28. The molecule has 1 heterocycles. The lowest BCUT2D eigenvalue weighted by atomic mass is 9.90. The Balaban J connectivity index is 2.17. The van der Waals surface area contributed by atoms with Crippen molar-refractivity contribution in [3.05, 3.63) is 72.0 Å². The Hall–Kier alpha value is -3.52. The van der Waals surface area contributed by atoms with Gasteiger partial charge in [-0.2, -0.15) is 0 Å². The molecule has 0 aliphatic heterocycles. The second kappa shape index (κ2) is 17.0. The standard InChI is InChI=1S/C29H44N6O2/c1-2-3-12-25(30)13-7-11-23(16-15-22-9-5-4-6-10-22)17-18-26(35-27-14-8-19-33-27)24(20-28(36)37)21-34-29(31)32/h4-6,8-10,14-16,19-20,23,25-26,33,35H,2-3,7,11-13,17-18,21,30H2,1H3,(H,36,37)(H4,31,32,34)/b16-15+,24-20+/t23-,25+,26-/m1/s1. The molecule has 8 heteroatoms. The number of anilines is 1. The largest absolute Gasteiger partial charge is 0.478 e. The number of guanidine groups is 1. The number of aliphatic carboxylic acids is 1. The fourth-order valence-corrected chi connectivity index (χ4v) is 4.34. The molecule has 0 aliphatic carbocycles. The Morgan fingerprint density at radius 1 is 1.05 bits per heavy atom. The summed E-state index contributed by atoms with van der Waals surface area (Å²) in [6, 6.07) is 14.0. The van der Waals surface area contributed by atoms with Gasteiger partial charge in [-0.25, -0.2) is 9.79 Å². The van der Waals surface area contributed by atoms with Gasteiger partial charge >= 0.3 is 5.97 Å². The van der Waals surface area contributed by atoms with E-state index in [0.717, 1.165) is 49.9 Å². The highest BCUT2D eigenvalue weighted by molar-refractivity contribution is 5.81. The van der Waals surface area contributed by atoms with Crippen LogP contribution in [-0.4, -0.2) is 40.6 Å². The van der Waals surface area contributed by atoms with Gasteiger partial charge in [-0.15, -0.1) is 0 Å². The first-order valence-electron chi connectivity index (χ1n) is 13.2. The summed E-state index contributed by atoms with van der Waals surface area (Å²) in [5.74, 6) is 0.0311. The lowest BCUT2D eigenvalue weighted by Gasteiger charge is -2.24. The number of unbranched alkanes of at least 4 members (excludes halogenated alkanes) is 1. The minimum atomic E-state index is -1.03. The quantitative estimate of drug-likeness (QED) is 0.0958. The third-order valence-electron chi connectivity index (χ3n) is 6.39. The molecule has 0 spiro atoms. The molecule has 202 valence electrons. The van der Waals surface area contributed by atoms with Crippen LogP contribution in [0.3, 0.4) is 0 Å². The number of carboxylic acid groups (broad SMARTS) is 1. The number of aliphatic imine (C=N–C) groups is 1. The predicted molar refractivity (Wildman–Crippen MR) is 154 cm³/mol. The monoisotopic (exact) mass is 508 g/mol. The predicted octanol–water partition coefficient (Wildman–Crippen LogP) is 4.88. The van der Waals surface area contributed by atoms with Crippen LogP contribution in [0.2, 0.25) is 0 Å². The maximum atomic E-state index is 11.6. The minimum absolute atomic E-state index is 0.0713. The molecule has 9 N–H and O–H groups in total.